The van der Waals surface area contributed by atoms with Gasteiger partial charge in [0.05, 0.1) is 17.7 Å². The number of hydrogen-bond donors (Lipinski definition) is 1. The molecular formula is C28H31ClO5. The van der Waals surface area contributed by atoms with Crippen LogP contribution in [0.4, 0.5) is 0 Å². The van der Waals surface area contributed by atoms with Gasteiger partial charge >= 0.3 is 5.97 Å². The third-order valence-corrected chi connectivity index (χ3v) is 5.81. The van der Waals surface area contributed by atoms with Crippen LogP contribution in [0.5, 0.6) is 23.0 Å². The van der Waals surface area contributed by atoms with Gasteiger partial charge < -0.3 is 19.3 Å². The van der Waals surface area contributed by atoms with E-state index in [9.17, 15) is 4.79 Å². The second kappa shape index (κ2) is 12.3. The van der Waals surface area contributed by atoms with Crippen LogP contribution in [0.1, 0.15) is 43.4 Å². The highest BCUT2D eigenvalue weighted by Crippen LogP contribution is 2.33. The molecule has 3 rings (SSSR count). The fourth-order valence-electron chi connectivity index (χ4n) is 3.56. The van der Waals surface area contributed by atoms with E-state index < -0.39 is 5.97 Å². The van der Waals surface area contributed by atoms with Crippen LogP contribution in [0, 0.1) is 6.92 Å². The Balaban J connectivity index is 1.50. The molecule has 0 aliphatic rings. The van der Waals surface area contributed by atoms with E-state index in [0.717, 1.165) is 34.6 Å². The molecule has 0 aliphatic carbocycles. The molecule has 1 N–H and O–H groups in total. The molecule has 3 aromatic rings. The van der Waals surface area contributed by atoms with Crippen LogP contribution in [0.2, 0.25) is 5.02 Å². The van der Waals surface area contributed by atoms with Crippen molar-refractivity contribution in [2.45, 2.75) is 52.6 Å². The number of ether oxygens (including phenoxy) is 3. The summed E-state index contributed by atoms with van der Waals surface area (Å²) in [5.74, 6) is 2.03. The van der Waals surface area contributed by atoms with Crippen LogP contribution in [0.25, 0.3) is 0 Å². The minimum atomic E-state index is -0.787. The van der Waals surface area contributed by atoms with E-state index in [-0.39, 0.29) is 12.5 Å². The molecule has 0 saturated heterocycles. The summed E-state index contributed by atoms with van der Waals surface area (Å²) in [5.41, 5.74) is 3.22. The first kappa shape index (κ1) is 25.4. The van der Waals surface area contributed by atoms with Gasteiger partial charge in [-0.25, -0.2) is 0 Å². The van der Waals surface area contributed by atoms with E-state index >= 15 is 0 Å². The van der Waals surface area contributed by atoms with Crippen molar-refractivity contribution in [3.8, 4) is 23.0 Å². The van der Waals surface area contributed by atoms with Crippen LogP contribution in [-0.4, -0.2) is 23.8 Å². The molecular weight excluding hydrogens is 452 g/mol. The average molecular weight is 483 g/mol. The Morgan fingerprint density at radius 1 is 1.00 bits per heavy atom. The summed E-state index contributed by atoms with van der Waals surface area (Å²) in [6.45, 7) is 6.52. The zero-order valence-electron chi connectivity index (χ0n) is 19.8. The van der Waals surface area contributed by atoms with Crippen molar-refractivity contribution in [3.63, 3.8) is 0 Å². The molecule has 0 heterocycles. The number of aryl methyl sites for hydroxylation is 3. The lowest BCUT2D eigenvalue weighted by atomic mass is 10.0. The van der Waals surface area contributed by atoms with Gasteiger partial charge in [0, 0.05) is 18.9 Å². The molecule has 5 nitrogen and oxygen atoms in total. The third-order valence-electron chi connectivity index (χ3n) is 5.51. The molecule has 180 valence electrons. The lowest BCUT2D eigenvalue weighted by molar-refractivity contribution is -0.136. The van der Waals surface area contributed by atoms with Crippen molar-refractivity contribution in [1.29, 1.82) is 0 Å². The zero-order chi connectivity index (χ0) is 24.5. The van der Waals surface area contributed by atoms with E-state index in [4.69, 9.17) is 30.9 Å². The van der Waals surface area contributed by atoms with Gasteiger partial charge in [0.15, 0.2) is 0 Å². The highest BCUT2D eigenvalue weighted by molar-refractivity contribution is 6.32. The molecule has 0 unspecified atom stereocenters. The zero-order valence-corrected chi connectivity index (χ0v) is 20.6. The molecule has 0 amide bonds. The minimum Gasteiger partial charge on any atom is -0.493 e. The summed E-state index contributed by atoms with van der Waals surface area (Å²) >= 11 is 6.43. The first-order chi connectivity index (χ1) is 16.4. The predicted molar refractivity (Wildman–Crippen MR) is 135 cm³/mol. The lowest BCUT2D eigenvalue weighted by Crippen LogP contribution is -2.16. The van der Waals surface area contributed by atoms with E-state index in [0.29, 0.717) is 36.0 Å². The Morgan fingerprint density at radius 3 is 2.47 bits per heavy atom. The standard InChI is InChI=1S/C28H31ClO5/c1-4-21-17-23(11-9-22(21)10-14-28(30)31)32-16-15-20(3)33-27-13-12-24(18-25(27)29)34-26-8-6-5-7-19(26)2/h5-9,11-13,17-18,20H,4,10,14-16H2,1-3H3,(H,30,31)/t20-/m0/s1. The Kier molecular flexibility index (Phi) is 9.23. The maximum Gasteiger partial charge on any atom is 0.303 e. The highest BCUT2D eigenvalue weighted by atomic mass is 35.5. The van der Waals surface area contributed by atoms with Gasteiger partial charge in [-0.3, -0.25) is 4.79 Å². The fraction of sp³-hybridized carbons (Fsp3) is 0.321. The van der Waals surface area contributed by atoms with Crippen molar-refractivity contribution in [2.75, 3.05) is 6.61 Å². The van der Waals surface area contributed by atoms with E-state index in [1.54, 1.807) is 6.07 Å². The van der Waals surface area contributed by atoms with Crippen molar-refractivity contribution in [1.82, 2.24) is 0 Å². The summed E-state index contributed by atoms with van der Waals surface area (Å²) in [4.78, 5) is 10.8. The molecule has 1 atom stereocenters. The smallest absolute Gasteiger partial charge is 0.303 e. The topological polar surface area (TPSA) is 65.0 Å². The molecule has 0 aliphatic heterocycles. The van der Waals surface area contributed by atoms with Gasteiger partial charge in [0.2, 0.25) is 0 Å². The third kappa shape index (κ3) is 7.42. The number of benzene rings is 3. The highest BCUT2D eigenvalue weighted by Gasteiger charge is 2.11. The molecule has 0 bridgehead atoms. The summed E-state index contributed by atoms with van der Waals surface area (Å²) < 4.78 is 17.9. The normalized spacial score (nSPS) is 11.6. The van der Waals surface area contributed by atoms with E-state index in [1.807, 2.05) is 68.4 Å². The average Bonchev–Trinajstić information content (AvgIpc) is 2.81. The summed E-state index contributed by atoms with van der Waals surface area (Å²) in [6.07, 6.45) is 2.07. The van der Waals surface area contributed by atoms with Crippen LogP contribution >= 0.6 is 11.6 Å². The lowest BCUT2D eigenvalue weighted by Gasteiger charge is -2.17. The van der Waals surface area contributed by atoms with E-state index in [1.165, 1.54) is 0 Å². The van der Waals surface area contributed by atoms with Crippen molar-refractivity contribution < 1.29 is 24.1 Å². The molecule has 0 radical (unpaired) electrons. The summed E-state index contributed by atoms with van der Waals surface area (Å²) in [6, 6.07) is 19.1. The number of halogens is 1. The first-order valence-electron chi connectivity index (χ1n) is 11.5. The fourth-order valence-corrected chi connectivity index (χ4v) is 3.78. The minimum absolute atomic E-state index is 0.0962. The van der Waals surface area contributed by atoms with Crippen LogP contribution < -0.4 is 14.2 Å². The van der Waals surface area contributed by atoms with Crippen molar-refractivity contribution >= 4 is 17.6 Å². The predicted octanol–water partition coefficient (Wildman–Crippen LogP) is 7.26. The summed E-state index contributed by atoms with van der Waals surface area (Å²) in [7, 11) is 0. The number of carbonyl (C=O) groups is 1. The molecule has 0 aromatic heterocycles. The maximum atomic E-state index is 10.8. The molecule has 0 saturated carbocycles. The Labute approximate surface area is 206 Å². The maximum absolute atomic E-state index is 10.8. The monoisotopic (exact) mass is 482 g/mol. The second-order valence-electron chi connectivity index (χ2n) is 8.20. The molecule has 34 heavy (non-hydrogen) atoms. The number of carboxylic acids is 1. The van der Waals surface area contributed by atoms with E-state index in [2.05, 4.69) is 6.92 Å². The van der Waals surface area contributed by atoms with Crippen LogP contribution in [-0.2, 0) is 17.6 Å². The summed E-state index contributed by atoms with van der Waals surface area (Å²) in [5, 5.41) is 9.41. The SMILES string of the molecule is CCc1cc(OCC[C@H](C)Oc2ccc(Oc3ccccc3C)cc2Cl)ccc1CCC(=O)O. The van der Waals surface area contributed by atoms with Gasteiger partial charge in [-0.05, 0) is 73.7 Å². The number of rotatable bonds is 12. The van der Waals surface area contributed by atoms with Crippen molar-refractivity contribution in [3.05, 3.63) is 82.4 Å². The van der Waals surface area contributed by atoms with Gasteiger partial charge in [-0.15, -0.1) is 0 Å². The second-order valence-corrected chi connectivity index (χ2v) is 8.61. The van der Waals surface area contributed by atoms with Gasteiger partial charge in [0.25, 0.3) is 0 Å². The van der Waals surface area contributed by atoms with Crippen LogP contribution in [0.15, 0.2) is 60.7 Å². The van der Waals surface area contributed by atoms with Crippen LogP contribution in [0.3, 0.4) is 0 Å². The molecule has 6 heteroatoms. The van der Waals surface area contributed by atoms with Crippen molar-refractivity contribution in [2.24, 2.45) is 0 Å². The number of carboxylic acid groups (broad SMARTS) is 1. The Bertz CT molecular complexity index is 1110. The molecule has 0 spiro atoms. The van der Waals surface area contributed by atoms with Gasteiger partial charge in [-0.2, -0.15) is 0 Å². The molecule has 0 fully saturated rings. The number of aliphatic carboxylic acids is 1. The Hall–Kier alpha value is -3.18. The quantitative estimate of drug-likeness (QED) is 0.294. The van der Waals surface area contributed by atoms with Gasteiger partial charge in [0.1, 0.15) is 23.0 Å². The van der Waals surface area contributed by atoms with Gasteiger partial charge in [-0.1, -0.05) is 42.8 Å². The first-order valence-corrected chi connectivity index (χ1v) is 11.9. The number of hydrogen-bond acceptors (Lipinski definition) is 4. The molecule has 3 aromatic carbocycles. The Morgan fingerprint density at radius 2 is 1.76 bits per heavy atom. The largest absolute Gasteiger partial charge is 0.493 e. The number of para-hydroxylation sites is 1.